The third-order valence-corrected chi connectivity index (χ3v) is 5.92. The fourth-order valence-corrected chi connectivity index (χ4v) is 4.02. The first-order valence-electron chi connectivity index (χ1n) is 9.17. The zero-order valence-corrected chi connectivity index (χ0v) is 16.2. The molecule has 1 spiro atoms. The van der Waals surface area contributed by atoms with Crippen LogP contribution in [-0.2, 0) is 29.1 Å². The molecule has 1 aliphatic carbocycles. The molecule has 1 saturated carbocycles. The Labute approximate surface area is 167 Å². The van der Waals surface area contributed by atoms with Crippen molar-refractivity contribution in [2.45, 2.75) is 42.8 Å². The molecule has 1 aromatic heterocycles. The van der Waals surface area contributed by atoms with Crippen molar-refractivity contribution < 1.29 is 31.9 Å². The van der Waals surface area contributed by atoms with Gasteiger partial charge in [0.2, 0.25) is 10.0 Å². The van der Waals surface area contributed by atoms with Gasteiger partial charge in [-0.3, -0.25) is 0 Å². The summed E-state index contributed by atoms with van der Waals surface area (Å²) in [4.78, 5) is 24.8. The summed E-state index contributed by atoms with van der Waals surface area (Å²) < 4.78 is 39.2. The number of hydrogen-bond donors (Lipinski definition) is 1. The monoisotopic (exact) mass is 417 g/mol. The lowest BCUT2D eigenvalue weighted by Gasteiger charge is -2.38. The van der Waals surface area contributed by atoms with Crippen LogP contribution in [0.5, 0.6) is 0 Å². The van der Waals surface area contributed by atoms with Crippen LogP contribution < -0.4 is 5.14 Å². The van der Waals surface area contributed by atoms with E-state index in [0.717, 1.165) is 19.3 Å². The molecule has 152 valence electrons. The summed E-state index contributed by atoms with van der Waals surface area (Å²) in [7, 11) is -3.78. The first kappa shape index (κ1) is 19.4. The Balaban J connectivity index is 1.55. The molecule has 8 nitrogen and oxygen atoms in total. The fraction of sp³-hybridized carbons (Fsp3) is 0.300. The second kappa shape index (κ2) is 7.16. The number of sulfonamides is 1. The van der Waals surface area contributed by atoms with Crippen molar-refractivity contribution in [2.24, 2.45) is 5.14 Å². The van der Waals surface area contributed by atoms with Crippen molar-refractivity contribution in [1.82, 2.24) is 0 Å². The molecule has 2 N–H and O–H groups in total. The van der Waals surface area contributed by atoms with Crippen molar-refractivity contribution in [3.63, 3.8) is 0 Å². The molecule has 0 amide bonds. The van der Waals surface area contributed by atoms with Crippen molar-refractivity contribution in [2.75, 3.05) is 0 Å². The lowest BCUT2D eigenvalue weighted by atomic mass is 9.93. The van der Waals surface area contributed by atoms with Crippen LogP contribution in [0.1, 0.15) is 37.9 Å². The number of rotatable bonds is 3. The molecule has 0 radical (unpaired) electrons. The lowest BCUT2D eigenvalue weighted by molar-refractivity contribution is -0.244. The SMILES string of the molecule is NS(=O)(=O)c1ccc(-c2ccc(C=C3C(=O)OC4(CCCCC4)OC3=O)o2)cc1. The van der Waals surface area contributed by atoms with E-state index in [4.69, 9.17) is 19.0 Å². The number of carbonyl (C=O) groups is 2. The van der Waals surface area contributed by atoms with Crippen LogP contribution in [0, 0.1) is 0 Å². The molecule has 1 saturated heterocycles. The smallest absolute Gasteiger partial charge is 0.349 e. The maximum Gasteiger partial charge on any atom is 0.349 e. The Hall–Kier alpha value is -2.91. The Morgan fingerprint density at radius 1 is 0.897 bits per heavy atom. The molecular formula is C20H19NO7S. The van der Waals surface area contributed by atoms with Gasteiger partial charge >= 0.3 is 11.9 Å². The largest absolute Gasteiger partial charge is 0.457 e. The molecule has 0 bridgehead atoms. The number of benzene rings is 1. The van der Waals surface area contributed by atoms with E-state index in [0.29, 0.717) is 24.2 Å². The molecule has 1 aliphatic heterocycles. The second-order valence-electron chi connectivity index (χ2n) is 7.08. The summed E-state index contributed by atoms with van der Waals surface area (Å²) in [5, 5.41) is 5.08. The van der Waals surface area contributed by atoms with Gasteiger partial charge in [-0.1, -0.05) is 6.42 Å². The van der Waals surface area contributed by atoms with Gasteiger partial charge in [0, 0.05) is 24.5 Å². The highest BCUT2D eigenvalue weighted by Gasteiger charge is 2.46. The van der Waals surface area contributed by atoms with Crippen LogP contribution >= 0.6 is 0 Å². The Bertz CT molecular complexity index is 1070. The zero-order valence-electron chi connectivity index (χ0n) is 15.4. The van der Waals surface area contributed by atoms with Gasteiger partial charge in [-0.25, -0.2) is 23.1 Å². The standard InChI is InChI=1S/C20H19NO7S/c21-29(24,25)15-7-4-13(5-8-15)17-9-6-14(26-17)12-16-18(22)27-20(28-19(16)23)10-2-1-3-11-20/h4-9,12H,1-3,10-11H2,(H2,21,24,25). The third-order valence-electron chi connectivity index (χ3n) is 4.99. The Morgan fingerprint density at radius 2 is 1.52 bits per heavy atom. The minimum atomic E-state index is -3.78. The van der Waals surface area contributed by atoms with E-state index in [9.17, 15) is 18.0 Å². The maximum absolute atomic E-state index is 12.4. The number of nitrogens with two attached hydrogens (primary N) is 1. The van der Waals surface area contributed by atoms with Crippen LogP contribution in [-0.4, -0.2) is 26.1 Å². The number of primary sulfonamides is 1. The molecule has 4 rings (SSSR count). The van der Waals surface area contributed by atoms with Gasteiger partial charge in [-0.05, 0) is 49.2 Å². The molecule has 0 atom stereocenters. The minimum absolute atomic E-state index is 0.0144. The van der Waals surface area contributed by atoms with E-state index in [1.165, 1.54) is 18.2 Å². The van der Waals surface area contributed by atoms with E-state index in [1.807, 2.05) is 0 Å². The molecule has 29 heavy (non-hydrogen) atoms. The van der Waals surface area contributed by atoms with Gasteiger partial charge in [-0.2, -0.15) is 0 Å². The van der Waals surface area contributed by atoms with Crippen molar-refractivity contribution >= 4 is 28.0 Å². The maximum atomic E-state index is 12.4. The average molecular weight is 417 g/mol. The predicted octanol–water partition coefficient (Wildman–Crippen LogP) is 2.74. The number of carbonyl (C=O) groups excluding carboxylic acids is 2. The van der Waals surface area contributed by atoms with Gasteiger partial charge in [0.25, 0.3) is 5.79 Å². The topological polar surface area (TPSA) is 126 Å². The quantitative estimate of drug-likeness (QED) is 0.462. The van der Waals surface area contributed by atoms with Gasteiger partial charge in [0.05, 0.1) is 4.90 Å². The Morgan fingerprint density at radius 3 is 2.10 bits per heavy atom. The van der Waals surface area contributed by atoms with Gasteiger partial charge < -0.3 is 13.9 Å². The molecule has 9 heteroatoms. The normalized spacial score (nSPS) is 19.0. The van der Waals surface area contributed by atoms with Crippen LogP contribution in [0.2, 0.25) is 0 Å². The summed E-state index contributed by atoms with van der Waals surface area (Å²) >= 11 is 0. The van der Waals surface area contributed by atoms with E-state index in [1.54, 1.807) is 24.3 Å². The van der Waals surface area contributed by atoms with Gasteiger partial charge in [-0.15, -0.1) is 0 Å². The van der Waals surface area contributed by atoms with Crippen LogP contribution in [0.3, 0.4) is 0 Å². The predicted molar refractivity (Wildman–Crippen MR) is 101 cm³/mol. The van der Waals surface area contributed by atoms with Gasteiger partial charge in [0.1, 0.15) is 17.1 Å². The number of hydrogen-bond acceptors (Lipinski definition) is 7. The molecule has 2 aromatic rings. The molecule has 1 aromatic carbocycles. The van der Waals surface area contributed by atoms with Crippen LogP contribution in [0.4, 0.5) is 0 Å². The van der Waals surface area contributed by atoms with Crippen LogP contribution in [0.25, 0.3) is 17.4 Å². The first-order valence-corrected chi connectivity index (χ1v) is 10.7. The van der Waals surface area contributed by atoms with E-state index < -0.39 is 27.7 Å². The first-order chi connectivity index (χ1) is 13.8. The number of ether oxygens (including phenoxy) is 2. The highest BCUT2D eigenvalue weighted by atomic mass is 32.2. The lowest BCUT2D eigenvalue weighted by Crippen LogP contribution is -2.47. The summed E-state index contributed by atoms with van der Waals surface area (Å²) in [5.74, 6) is -1.89. The van der Waals surface area contributed by atoms with E-state index >= 15 is 0 Å². The summed E-state index contributed by atoms with van der Waals surface area (Å²) in [5.41, 5.74) is 0.378. The Kier molecular flexibility index (Phi) is 4.79. The molecule has 2 heterocycles. The zero-order chi connectivity index (χ0) is 20.6. The average Bonchev–Trinajstić information content (AvgIpc) is 3.13. The van der Waals surface area contributed by atoms with Crippen molar-refractivity contribution in [3.05, 3.63) is 47.7 Å². The van der Waals surface area contributed by atoms with Crippen molar-refractivity contribution in [3.8, 4) is 11.3 Å². The van der Waals surface area contributed by atoms with Crippen molar-refractivity contribution in [1.29, 1.82) is 0 Å². The number of esters is 2. The molecule has 0 unspecified atom stereocenters. The number of furan rings is 1. The van der Waals surface area contributed by atoms with E-state index in [2.05, 4.69) is 0 Å². The molecule has 2 aliphatic rings. The molecular weight excluding hydrogens is 398 g/mol. The highest BCUT2D eigenvalue weighted by Crippen LogP contribution is 2.37. The summed E-state index contributed by atoms with van der Waals surface area (Å²) in [6.45, 7) is 0. The highest BCUT2D eigenvalue weighted by molar-refractivity contribution is 7.89. The fourth-order valence-electron chi connectivity index (χ4n) is 3.50. The summed E-state index contributed by atoms with van der Waals surface area (Å²) in [6.07, 6.45) is 5.00. The third kappa shape index (κ3) is 3.96. The second-order valence-corrected chi connectivity index (χ2v) is 8.64. The van der Waals surface area contributed by atoms with Crippen LogP contribution in [0.15, 0.2) is 51.3 Å². The molecule has 2 fully saturated rings. The van der Waals surface area contributed by atoms with E-state index in [-0.39, 0.29) is 16.2 Å². The minimum Gasteiger partial charge on any atom is -0.457 e. The summed E-state index contributed by atoms with van der Waals surface area (Å²) in [6, 6.07) is 9.05. The van der Waals surface area contributed by atoms with Gasteiger partial charge in [0.15, 0.2) is 0 Å².